The van der Waals surface area contributed by atoms with Crippen molar-refractivity contribution in [3.8, 4) is 0 Å². The van der Waals surface area contributed by atoms with Crippen molar-refractivity contribution in [1.29, 1.82) is 0 Å². The standard InChI is InChI=1S/C22H28N4/c1-25-11-13-26(14-12-25)17-19-7-5-18(6-8-19)15-23-16-20-3-2-4-22-21(20)9-10-24-22/h2-10,23-24H,11-17H2,1H3. The maximum absolute atomic E-state index is 3.58. The van der Waals surface area contributed by atoms with Gasteiger partial charge in [0, 0.05) is 62.9 Å². The van der Waals surface area contributed by atoms with Gasteiger partial charge in [-0.3, -0.25) is 4.90 Å². The van der Waals surface area contributed by atoms with Gasteiger partial charge in [-0.2, -0.15) is 0 Å². The third-order valence-corrected chi connectivity index (χ3v) is 5.35. The summed E-state index contributed by atoms with van der Waals surface area (Å²) >= 11 is 0. The Morgan fingerprint density at radius 3 is 2.46 bits per heavy atom. The Morgan fingerprint density at radius 1 is 0.885 bits per heavy atom. The van der Waals surface area contributed by atoms with Crippen LogP contribution in [0.5, 0.6) is 0 Å². The second-order valence-electron chi connectivity index (χ2n) is 7.36. The van der Waals surface area contributed by atoms with Gasteiger partial charge in [-0.25, -0.2) is 0 Å². The lowest BCUT2D eigenvalue weighted by Crippen LogP contribution is -2.43. The summed E-state index contributed by atoms with van der Waals surface area (Å²) in [4.78, 5) is 8.22. The van der Waals surface area contributed by atoms with E-state index in [1.165, 1.54) is 53.8 Å². The summed E-state index contributed by atoms with van der Waals surface area (Å²) in [6.07, 6.45) is 2.01. The van der Waals surface area contributed by atoms with Crippen molar-refractivity contribution in [2.45, 2.75) is 19.6 Å². The minimum Gasteiger partial charge on any atom is -0.361 e. The van der Waals surface area contributed by atoms with Crippen molar-refractivity contribution in [3.63, 3.8) is 0 Å². The van der Waals surface area contributed by atoms with Crippen molar-refractivity contribution in [1.82, 2.24) is 20.1 Å². The van der Waals surface area contributed by atoms with Crippen molar-refractivity contribution < 1.29 is 0 Å². The molecule has 4 nitrogen and oxygen atoms in total. The number of fused-ring (bicyclic) bond motifs is 1. The van der Waals surface area contributed by atoms with Crippen LogP contribution in [0.4, 0.5) is 0 Å². The molecule has 0 atom stereocenters. The van der Waals surface area contributed by atoms with Crippen molar-refractivity contribution >= 4 is 10.9 Å². The maximum Gasteiger partial charge on any atom is 0.0457 e. The zero-order valence-electron chi connectivity index (χ0n) is 15.5. The van der Waals surface area contributed by atoms with Gasteiger partial charge in [0.2, 0.25) is 0 Å². The van der Waals surface area contributed by atoms with Crippen LogP contribution in [0.2, 0.25) is 0 Å². The number of hydrogen-bond donors (Lipinski definition) is 2. The van der Waals surface area contributed by atoms with Crippen LogP contribution in [0.3, 0.4) is 0 Å². The number of benzene rings is 2. The van der Waals surface area contributed by atoms with Gasteiger partial charge < -0.3 is 15.2 Å². The van der Waals surface area contributed by atoms with Crippen molar-refractivity contribution in [2.24, 2.45) is 0 Å². The molecular formula is C22H28N4. The summed E-state index contributed by atoms with van der Waals surface area (Å²) in [5.74, 6) is 0. The van der Waals surface area contributed by atoms with Crippen LogP contribution < -0.4 is 5.32 Å². The van der Waals surface area contributed by atoms with Gasteiger partial charge in [0.05, 0.1) is 0 Å². The van der Waals surface area contributed by atoms with E-state index in [2.05, 4.69) is 75.7 Å². The highest BCUT2D eigenvalue weighted by molar-refractivity contribution is 5.82. The van der Waals surface area contributed by atoms with Crippen LogP contribution in [0.25, 0.3) is 10.9 Å². The third-order valence-electron chi connectivity index (χ3n) is 5.35. The molecule has 2 aromatic carbocycles. The van der Waals surface area contributed by atoms with Gasteiger partial charge >= 0.3 is 0 Å². The molecule has 0 aliphatic carbocycles. The van der Waals surface area contributed by atoms with E-state index in [1.54, 1.807) is 0 Å². The molecule has 4 heteroatoms. The summed E-state index contributed by atoms with van der Waals surface area (Å²) in [5, 5.41) is 4.88. The summed E-state index contributed by atoms with van der Waals surface area (Å²) in [7, 11) is 2.20. The topological polar surface area (TPSA) is 34.3 Å². The molecule has 26 heavy (non-hydrogen) atoms. The lowest BCUT2D eigenvalue weighted by molar-refractivity contribution is 0.148. The molecule has 0 bridgehead atoms. The summed E-state index contributed by atoms with van der Waals surface area (Å²) in [5.41, 5.74) is 5.30. The van der Waals surface area contributed by atoms with Crippen LogP contribution in [-0.4, -0.2) is 48.0 Å². The fraction of sp³-hybridized carbons (Fsp3) is 0.364. The first-order valence-electron chi connectivity index (χ1n) is 9.52. The molecule has 136 valence electrons. The predicted molar refractivity (Wildman–Crippen MR) is 108 cm³/mol. The van der Waals surface area contributed by atoms with Gasteiger partial charge in [0.25, 0.3) is 0 Å². The summed E-state index contributed by atoms with van der Waals surface area (Å²) < 4.78 is 0. The average molecular weight is 348 g/mol. The summed E-state index contributed by atoms with van der Waals surface area (Å²) in [6, 6.07) is 17.7. The van der Waals surface area contributed by atoms with E-state index in [4.69, 9.17) is 0 Å². The third kappa shape index (κ3) is 4.15. The fourth-order valence-corrected chi connectivity index (χ4v) is 3.67. The van der Waals surface area contributed by atoms with Gasteiger partial charge in [-0.05, 0) is 35.9 Å². The monoisotopic (exact) mass is 348 g/mol. The number of hydrogen-bond acceptors (Lipinski definition) is 3. The largest absolute Gasteiger partial charge is 0.361 e. The molecule has 0 radical (unpaired) electrons. The van der Waals surface area contributed by atoms with Crippen LogP contribution in [0.15, 0.2) is 54.7 Å². The van der Waals surface area contributed by atoms with Crippen LogP contribution >= 0.6 is 0 Å². The molecule has 2 heterocycles. The van der Waals surface area contributed by atoms with Crippen molar-refractivity contribution in [3.05, 3.63) is 71.4 Å². The Hall–Kier alpha value is -2.14. The first-order chi connectivity index (χ1) is 12.8. The van der Waals surface area contributed by atoms with Gasteiger partial charge in [0.1, 0.15) is 0 Å². The Balaban J connectivity index is 1.28. The molecule has 0 spiro atoms. The molecular weight excluding hydrogens is 320 g/mol. The van der Waals surface area contributed by atoms with Crippen molar-refractivity contribution in [2.75, 3.05) is 33.2 Å². The molecule has 1 aromatic heterocycles. The minimum atomic E-state index is 0.887. The van der Waals surface area contributed by atoms with E-state index in [9.17, 15) is 0 Å². The predicted octanol–water partition coefficient (Wildman–Crippen LogP) is 3.21. The Morgan fingerprint density at radius 2 is 1.65 bits per heavy atom. The van der Waals surface area contributed by atoms with E-state index >= 15 is 0 Å². The second kappa shape index (κ2) is 8.04. The smallest absolute Gasteiger partial charge is 0.0457 e. The number of likely N-dealkylation sites (N-methyl/N-ethyl adjacent to an activating group) is 1. The number of aromatic nitrogens is 1. The van der Waals surface area contributed by atoms with Crippen LogP contribution in [0, 0.1) is 0 Å². The maximum atomic E-state index is 3.58. The Bertz CT molecular complexity index is 829. The molecule has 2 N–H and O–H groups in total. The lowest BCUT2D eigenvalue weighted by Gasteiger charge is -2.32. The zero-order chi connectivity index (χ0) is 17.8. The van der Waals surface area contributed by atoms with E-state index in [0.29, 0.717) is 0 Å². The normalized spacial score (nSPS) is 16.3. The molecule has 1 aliphatic rings. The number of nitrogens with one attached hydrogen (secondary N) is 2. The zero-order valence-corrected chi connectivity index (χ0v) is 15.5. The van der Waals surface area contributed by atoms with Crippen LogP contribution in [-0.2, 0) is 19.6 Å². The van der Waals surface area contributed by atoms with Crippen LogP contribution in [0.1, 0.15) is 16.7 Å². The molecule has 0 amide bonds. The van der Waals surface area contributed by atoms with E-state index in [-0.39, 0.29) is 0 Å². The molecule has 1 saturated heterocycles. The minimum absolute atomic E-state index is 0.887. The highest BCUT2D eigenvalue weighted by Gasteiger charge is 2.13. The highest BCUT2D eigenvalue weighted by Crippen LogP contribution is 2.17. The number of nitrogens with zero attached hydrogens (tertiary/aromatic N) is 2. The first kappa shape index (κ1) is 17.3. The van der Waals surface area contributed by atoms with E-state index < -0.39 is 0 Å². The van der Waals surface area contributed by atoms with E-state index in [1.807, 2.05) is 6.20 Å². The number of aromatic amines is 1. The highest BCUT2D eigenvalue weighted by atomic mass is 15.2. The Kier molecular flexibility index (Phi) is 5.34. The quantitative estimate of drug-likeness (QED) is 0.718. The van der Waals surface area contributed by atoms with Gasteiger partial charge in [-0.15, -0.1) is 0 Å². The number of rotatable bonds is 6. The first-order valence-corrected chi connectivity index (χ1v) is 9.52. The molecule has 4 rings (SSSR count). The molecule has 0 unspecified atom stereocenters. The number of piperazine rings is 1. The average Bonchev–Trinajstić information content (AvgIpc) is 3.15. The van der Waals surface area contributed by atoms with Gasteiger partial charge in [-0.1, -0.05) is 36.4 Å². The molecule has 3 aromatic rings. The summed E-state index contributed by atoms with van der Waals surface area (Å²) in [6.45, 7) is 7.55. The Labute approximate surface area is 155 Å². The SMILES string of the molecule is CN1CCN(Cc2ccc(CNCc3cccc4[nH]ccc34)cc2)CC1. The fourth-order valence-electron chi connectivity index (χ4n) is 3.67. The molecule has 1 fully saturated rings. The lowest BCUT2D eigenvalue weighted by atomic mass is 10.1. The second-order valence-corrected chi connectivity index (χ2v) is 7.36. The van der Waals surface area contributed by atoms with Gasteiger partial charge in [0.15, 0.2) is 0 Å². The number of H-pyrrole nitrogens is 1. The molecule has 0 saturated carbocycles. The molecule has 1 aliphatic heterocycles. The van der Waals surface area contributed by atoms with E-state index in [0.717, 1.165) is 19.6 Å².